The summed E-state index contributed by atoms with van der Waals surface area (Å²) in [6.45, 7) is 1.73. The molecule has 0 saturated carbocycles. The van der Waals surface area contributed by atoms with Crippen molar-refractivity contribution in [1.82, 2.24) is 15.6 Å². The number of nitrogens with zero attached hydrogens (tertiary/aromatic N) is 1. The molecule has 1 fully saturated rings. The third kappa shape index (κ3) is 3.56. The van der Waals surface area contributed by atoms with Crippen LogP contribution < -0.4 is 15.4 Å². The average Bonchev–Trinajstić information content (AvgIpc) is 2.63. The number of amides is 3. The maximum Gasteiger partial charge on any atom is 0.253 e. The summed E-state index contributed by atoms with van der Waals surface area (Å²) in [5, 5.41) is 4.88. The molecule has 7 nitrogen and oxygen atoms in total. The second-order valence-corrected chi connectivity index (χ2v) is 6.01. The molecule has 1 aromatic carbocycles. The normalized spacial score (nSPS) is 16.8. The van der Waals surface area contributed by atoms with E-state index in [4.69, 9.17) is 4.74 Å². The number of aryl methyl sites for hydroxylation is 1. The summed E-state index contributed by atoms with van der Waals surface area (Å²) in [6, 6.07) is 10.2. The highest BCUT2D eigenvalue weighted by Crippen LogP contribution is 2.28. The molecule has 0 bridgehead atoms. The quantitative estimate of drug-likeness (QED) is 0.814. The Morgan fingerprint density at radius 1 is 1.23 bits per heavy atom. The topological polar surface area (TPSA) is 97.4 Å². The fraction of sp³-hybridized carbons (Fsp3) is 0.263. The van der Waals surface area contributed by atoms with E-state index in [1.165, 1.54) is 0 Å². The summed E-state index contributed by atoms with van der Waals surface area (Å²) in [5.41, 5.74) is 2.44. The van der Waals surface area contributed by atoms with E-state index >= 15 is 0 Å². The van der Waals surface area contributed by atoms with Crippen LogP contribution in [0.25, 0.3) is 11.3 Å². The lowest BCUT2D eigenvalue weighted by Crippen LogP contribution is -2.52. The SMILES string of the molecule is COc1ccccc1-c1ccc(C(=O)NC2CCC(=O)NC2=O)c(C)n1. The third-order valence-corrected chi connectivity index (χ3v) is 4.26. The lowest BCUT2D eigenvalue weighted by atomic mass is 10.0. The predicted molar refractivity (Wildman–Crippen MR) is 94.6 cm³/mol. The van der Waals surface area contributed by atoms with Crippen molar-refractivity contribution in [3.05, 3.63) is 47.7 Å². The van der Waals surface area contributed by atoms with E-state index in [1.807, 2.05) is 24.3 Å². The molecule has 2 aromatic rings. The van der Waals surface area contributed by atoms with Gasteiger partial charge in [-0.3, -0.25) is 24.7 Å². The Labute approximate surface area is 150 Å². The average molecular weight is 353 g/mol. The number of hydrogen-bond donors (Lipinski definition) is 2. The van der Waals surface area contributed by atoms with E-state index in [0.717, 1.165) is 5.56 Å². The van der Waals surface area contributed by atoms with Crippen LogP contribution in [0.1, 0.15) is 28.9 Å². The third-order valence-electron chi connectivity index (χ3n) is 4.26. The molecule has 1 aliphatic rings. The lowest BCUT2D eigenvalue weighted by molar-refractivity contribution is -0.134. The summed E-state index contributed by atoms with van der Waals surface area (Å²) < 4.78 is 5.35. The minimum atomic E-state index is -0.714. The van der Waals surface area contributed by atoms with E-state index in [1.54, 1.807) is 26.2 Å². The van der Waals surface area contributed by atoms with E-state index < -0.39 is 17.9 Å². The predicted octanol–water partition coefficient (Wildman–Crippen LogP) is 1.60. The molecule has 1 atom stereocenters. The van der Waals surface area contributed by atoms with Gasteiger partial charge in [-0.15, -0.1) is 0 Å². The van der Waals surface area contributed by atoms with Crippen molar-refractivity contribution in [2.75, 3.05) is 7.11 Å². The molecule has 2 heterocycles. The Morgan fingerprint density at radius 3 is 2.69 bits per heavy atom. The molecule has 7 heteroatoms. The van der Waals surface area contributed by atoms with Crippen LogP contribution in [-0.2, 0) is 9.59 Å². The Morgan fingerprint density at radius 2 is 2.00 bits per heavy atom. The second kappa shape index (κ2) is 7.35. The number of rotatable bonds is 4. The minimum Gasteiger partial charge on any atom is -0.496 e. The van der Waals surface area contributed by atoms with Gasteiger partial charge in [0.1, 0.15) is 11.8 Å². The molecule has 1 aliphatic heterocycles. The molecule has 3 rings (SSSR count). The molecule has 0 spiro atoms. The lowest BCUT2D eigenvalue weighted by Gasteiger charge is -2.22. The van der Waals surface area contributed by atoms with Gasteiger partial charge < -0.3 is 10.1 Å². The van der Waals surface area contributed by atoms with Gasteiger partial charge in [-0.05, 0) is 37.6 Å². The fourth-order valence-corrected chi connectivity index (χ4v) is 2.87. The maximum absolute atomic E-state index is 12.5. The van der Waals surface area contributed by atoms with Gasteiger partial charge in [-0.25, -0.2) is 0 Å². The van der Waals surface area contributed by atoms with Gasteiger partial charge in [0.05, 0.1) is 24.1 Å². The van der Waals surface area contributed by atoms with Crippen LogP contribution in [0, 0.1) is 6.92 Å². The standard InChI is InChI=1S/C19H19N3O4/c1-11-12(18(24)21-15-9-10-17(23)22-19(15)25)7-8-14(20-11)13-5-3-4-6-16(13)26-2/h3-8,15H,9-10H2,1-2H3,(H,21,24)(H,22,23,25). The Bertz CT molecular complexity index is 879. The van der Waals surface area contributed by atoms with E-state index in [2.05, 4.69) is 15.6 Å². The zero-order valence-electron chi connectivity index (χ0n) is 14.5. The first-order valence-electron chi connectivity index (χ1n) is 8.25. The Kier molecular flexibility index (Phi) is 4.97. The highest BCUT2D eigenvalue weighted by molar-refractivity contribution is 6.04. The summed E-state index contributed by atoms with van der Waals surface area (Å²) in [5.74, 6) is -0.499. The first kappa shape index (κ1) is 17.6. The number of ether oxygens (including phenoxy) is 1. The van der Waals surface area contributed by atoms with Gasteiger partial charge in [0.25, 0.3) is 5.91 Å². The van der Waals surface area contributed by atoms with Gasteiger partial charge in [-0.2, -0.15) is 0 Å². The molecular formula is C19H19N3O4. The van der Waals surface area contributed by atoms with E-state index in [-0.39, 0.29) is 12.3 Å². The van der Waals surface area contributed by atoms with Crippen molar-refractivity contribution in [2.24, 2.45) is 0 Å². The number of aromatic nitrogens is 1. The summed E-state index contributed by atoms with van der Waals surface area (Å²) in [7, 11) is 1.59. The largest absolute Gasteiger partial charge is 0.496 e. The fourth-order valence-electron chi connectivity index (χ4n) is 2.87. The first-order chi connectivity index (χ1) is 12.5. The smallest absolute Gasteiger partial charge is 0.253 e. The van der Waals surface area contributed by atoms with Crippen LogP contribution in [0.2, 0.25) is 0 Å². The molecule has 1 aromatic heterocycles. The highest BCUT2D eigenvalue weighted by Gasteiger charge is 2.28. The maximum atomic E-state index is 12.5. The number of benzene rings is 1. The number of imide groups is 1. The molecular weight excluding hydrogens is 334 g/mol. The molecule has 1 saturated heterocycles. The minimum absolute atomic E-state index is 0.209. The zero-order valence-corrected chi connectivity index (χ0v) is 14.5. The second-order valence-electron chi connectivity index (χ2n) is 6.01. The molecule has 134 valence electrons. The molecule has 1 unspecified atom stereocenters. The molecule has 0 aliphatic carbocycles. The number of nitrogens with one attached hydrogen (secondary N) is 2. The zero-order chi connectivity index (χ0) is 18.7. The van der Waals surface area contributed by atoms with Crippen LogP contribution in [0.3, 0.4) is 0 Å². The van der Waals surface area contributed by atoms with Crippen molar-refractivity contribution in [2.45, 2.75) is 25.8 Å². The van der Waals surface area contributed by atoms with E-state index in [0.29, 0.717) is 29.1 Å². The number of pyridine rings is 1. The first-order valence-corrected chi connectivity index (χ1v) is 8.25. The number of para-hydroxylation sites is 1. The number of piperidine rings is 1. The van der Waals surface area contributed by atoms with Crippen molar-refractivity contribution in [1.29, 1.82) is 0 Å². The van der Waals surface area contributed by atoms with Crippen LogP contribution in [0.4, 0.5) is 0 Å². The molecule has 26 heavy (non-hydrogen) atoms. The van der Waals surface area contributed by atoms with Gasteiger partial charge >= 0.3 is 0 Å². The Hall–Kier alpha value is -3.22. The summed E-state index contributed by atoms with van der Waals surface area (Å²) in [6.07, 6.45) is 0.503. The van der Waals surface area contributed by atoms with Crippen molar-refractivity contribution >= 4 is 17.7 Å². The highest BCUT2D eigenvalue weighted by atomic mass is 16.5. The van der Waals surface area contributed by atoms with E-state index in [9.17, 15) is 14.4 Å². The van der Waals surface area contributed by atoms with Crippen molar-refractivity contribution < 1.29 is 19.1 Å². The number of methoxy groups -OCH3 is 1. The molecule has 2 N–H and O–H groups in total. The van der Waals surface area contributed by atoms with Crippen LogP contribution in [0.5, 0.6) is 5.75 Å². The van der Waals surface area contributed by atoms with Crippen LogP contribution >= 0.6 is 0 Å². The molecule has 0 radical (unpaired) electrons. The van der Waals surface area contributed by atoms with Gasteiger partial charge in [0, 0.05) is 12.0 Å². The van der Waals surface area contributed by atoms with Crippen LogP contribution in [0.15, 0.2) is 36.4 Å². The van der Waals surface area contributed by atoms with Crippen molar-refractivity contribution in [3.8, 4) is 17.0 Å². The van der Waals surface area contributed by atoms with Gasteiger partial charge in [-0.1, -0.05) is 12.1 Å². The van der Waals surface area contributed by atoms with Crippen molar-refractivity contribution in [3.63, 3.8) is 0 Å². The summed E-state index contributed by atoms with van der Waals surface area (Å²) in [4.78, 5) is 40.0. The molecule has 3 amide bonds. The van der Waals surface area contributed by atoms with Crippen LogP contribution in [-0.4, -0.2) is 35.9 Å². The summed E-state index contributed by atoms with van der Waals surface area (Å²) >= 11 is 0. The monoisotopic (exact) mass is 353 g/mol. The van der Waals surface area contributed by atoms with Gasteiger partial charge in [0.2, 0.25) is 11.8 Å². The number of carbonyl (C=O) groups excluding carboxylic acids is 3. The van der Waals surface area contributed by atoms with Gasteiger partial charge in [0.15, 0.2) is 0 Å². The number of carbonyl (C=O) groups is 3. The number of hydrogen-bond acceptors (Lipinski definition) is 5. The Balaban J connectivity index is 1.80.